The average molecular weight is 337 g/mol. The number of halogens is 1. The molecule has 0 spiro atoms. The zero-order valence-corrected chi connectivity index (χ0v) is 13.9. The van der Waals surface area contributed by atoms with E-state index in [1.807, 2.05) is 18.2 Å². The van der Waals surface area contributed by atoms with Gasteiger partial charge in [0, 0.05) is 31.4 Å². The molecule has 0 bridgehead atoms. The predicted molar refractivity (Wildman–Crippen MR) is 97.0 cm³/mol. The van der Waals surface area contributed by atoms with Crippen LogP contribution in [0.1, 0.15) is 12.0 Å². The van der Waals surface area contributed by atoms with Gasteiger partial charge in [0.25, 0.3) is 5.56 Å². The summed E-state index contributed by atoms with van der Waals surface area (Å²) in [6, 6.07) is 15.5. The molecule has 0 radical (unpaired) electrons. The van der Waals surface area contributed by atoms with Crippen LogP contribution in [0.5, 0.6) is 0 Å². The molecule has 25 heavy (non-hydrogen) atoms. The topological polar surface area (TPSA) is 38.1 Å². The van der Waals surface area contributed by atoms with Gasteiger partial charge >= 0.3 is 0 Å². The van der Waals surface area contributed by atoms with Crippen LogP contribution < -0.4 is 5.56 Å². The van der Waals surface area contributed by atoms with E-state index in [9.17, 15) is 9.18 Å². The Balaban J connectivity index is 1.55. The molecule has 2 heterocycles. The van der Waals surface area contributed by atoms with Gasteiger partial charge in [0.05, 0.1) is 5.69 Å². The summed E-state index contributed by atoms with van der Waals surface area (Å²) in [5.74, 6) is 0. The highest BCUT2D eigenvalue weighted by molar-refractivity contribution is 5.85. The lowest BCUT2D eigenvalue weighted by molar-refractivity contribution is 0.0713. The van der Waals surface area contributed by atoms with E-state index in [0.717, 1.165) is 42.4 Å². The first kappa shape index (κ1) is 16.0. The molecular weight excluding hydrogens is 317 g/mol. The molecule has 1 unspecified atom stereocenters. The van der Waals surface area contributed by atoms with E-state index in [1.165, 1.54) is 16.3 Å². The van der Waals surface area contributed by atoms with Crippen molar-refractivity contribution >= 4 is 10.8 Å². The van der Waals surface area contributed by atoms with Crippen molar-refractivity contribution in [3.8, 4) is 5.69 Å². The Bertz CT molecular complexity index is 951. The maximum absolute atomic E-state index is 12.8. The Labute approximate surface area is 145 Å². The SMILES string of the molecule is O=c1cccnn1-c1ccc2cc(CCN3CCC3CF)ccc2c1. The third kappa shape index (κ3) is 3.20. The van der Waals surface area contributed by atoms with Gasteiger partial charge in [0.1, 0.15) is 6.67 Å². The highest BCUT2D eigenvalue weighted by Crippen LogP contribution is 2.21. The summed E-state index contributed by atoms with van der Waals surface area (Å²) in [6.07, 6.45) is 3.51. The van der Waals surface area contributed by atoms with Gasteiger partial charge in [-0.1, -0.05) is 24.3 Å². The Morgan fingerprint density at radius 2 is 1.96 bits per heavy atom. The van der Waals surface area contributed by atoms with Gasteiger partial charge in [-0.05, 0) is 47.4 Å². The second kappa shape index (κ2) is 6.76. The molecule has 1 saturated heterocycles. The first-order valence-electron chi connectivity index (χ1n) is 8.62. The molecule has 0 N–H and O–H groups in total. The quantitative estimate of drug-likeness (QED) is 0.718. The Morgan fingerprint density at radius 1 is 1.12 bits per heavy atom. The number of nitrogens with zero attached hydrogens (tertiary/aromatic N) is 3. The molecule has 5 heteroatoms. The van der Waals surface area contributed by atoms with Crippen molar-refractivity contribution in [1.29, 1.82) is 0 Å². The molecule has 0 amide bonds. The first-order chi connectivity index (χ1) is 12.2. The van der Waals surface area contributed by atoms with E-state index in [0.29, 0.717) is 0 Å². The summed E-state index contributed by atoms with van der Waals surface area (Å²) in [7, 11) is 0. The molecule has 1 atom stereocenters. The van der Waals surface area contributed by atoms with Crippen LogP contribution in [-0.2, 0) is 6.42 Å². The number of likely N-dealkylation sites (tertiary alicyclic amines) is 1. The molecule has 0 saturated carbocycles. The Hall–Kier alpha value is -2.53. The second-order valence-electron chi connectivity index (χ2n) is 6.52. The highest BCUT2D eigenvalue weighted by atomic mass is 19.1. The van der Waals surface area contributed by atoms with Crippen LogP contribution in [0, 0.1) is 0 Å². The van der Waals surface area contributed by atoms with Crippen molar-refractivity contribution in [3.05, 3.63) is 70.6 Å². The summed E-state index contributed by atoms with van der Waals surface area (Å²) in [5, 5.41) is 6.33. The van der Waals surface area contributed by atoms with Crippen molar-refractivity contribution in [2.75, 3.05) is 19.8 Å². The molecule has 1 aliphatic heterocycles. The fourth-order valence-electron chi connectivity index (χ4n) is 3.36. The Morgan fingerprint density at radius 3 is 2.72 bits per heavy atom. The van der Waals surface area contributed by atoms with Crippen molar-refractivity contribution in [2.24, 2.45) is 0 Å². The monoisotopic (exact) mass is 337 g/mol. The highest BCUT2D eigenvalue weighted by Gasteiger charge is 2.26. The lowest BCUT2D eigenvalue weighted by Gasteiger charge is -2.39. The number of hydrogen-bond acceptors (Lipinski definition) is 3. The lowest BCUT2D eigenvalue weighted by Crippen LogP contribution is -2.49. The van der Waals surface area contributed by atoms with Gasteiger partial charge in [0.2, 0.25) is 0 Å². The van der Waals surface area contributed by atoms with Crippen molar-refractivity contribution in [3.63, 3.8) is 0 Å². The third-order valence-electron chi connectivity index (χ3n) is 4.98. The smallest absolute Gasteiger partial charge is 0.271 e. The normalized spacial score (nSPS) is 17.6. The summed E-state index contributed by atoms with van der Waals surface area (Å²) in [6.45, 7) is 1.67. The van der Waals surface area contributed by atoms with Crippen LogP contribution in [0.2, 0.25) is 0 Å². The lowest BCUT2D eigenvalue weighted by atomic mass is 10.0. The summed E-state index contributed by atoms with van der Waals surface area (Å²) in [4.78, 5) is 14.1. The van der Waals surface area contributed by atoms with E-state index >= 15 is 0 Å². The number of aromatic nitrogens is 2. The van der Waals surface area contributed by atoms with Gasteiger partial charge in [-0.15, -0.1) is 0 Å². The van der Waals surface area contributed by atoms with Gasteiger partial charge in [-0.3, -0.25) is 9.69 Å². The van der Waals surface area contributed by atoms with Crippen molar-refractivity contribution < 1.29 is 4.39 Å². The molecule has 128 valence electrons. The molecule has 1 aromatic heterocycles. The first-order valence-corrected chi connectivity index (χ1v) is 8.62. The standard InChI is InChI=1S/C20H20FN3O/c21-14-19-8-11-23(19)10-7-15-3-4-17-13-18(6-5-16(17)12-15)24-20(25)2-1-9-22-24/h1-6,9,12-13,19H,7-8,10-11,14H2. The van der Waals surface area contributed by atoms with Gasteiger partial charge in [-0.2, -0.15) is 9.78 Å². The molecule has 1 fully saturated rings. The fraction of sp³-hybridized carbons (Fsp3) is 0.300. The summed E-state index contributed by atoms with van der Waals surface area (Å²) >= 11 is 0. The van der Waals surface area contributed by atoms with Gasteiger partial charge in [0.15, 0.2) is 0 Å². The number of fused-ring (bicyclic) bond motifs is 1. The van der Waals surface area contributed by atoms with E-state index in [2.05, 4.69) is 28.2 Å². The largest absolute Gasteiger partial charge is 0.297 e. The van der Waals surface area contributed by atoms with Crippen molar-refractivity contribution in [2.45, 2.75) is 18.9 Å². The zero-order valence-electron chi connectivity index (χ0n) is 13.9. The fourth-order valence-corrected chi connectivity index (χ4v) is 3.36. The molecular formula is C20H20FN3O. The summed E-state index contributed by atoms with van der Waals surface area (Å²) < 4.78 is 14.2. The van der Waals surface area contributed by atoms with E-state index in [1.54, 1.807) is 12.3 Å². The average Bonchev–Trinajstić information content (AvgIpc) is 2.61. The molecule has 4 rings (SSSR count). The molecule has 4 nitrogen and oxygen atoms in total. The number of hydrogen-bond donors (Lipinski definition) is 0. The molecule has 0 aliphatic carbocycles. The maximum Gasteiger partial charge on any atom is 0.271 e. The van der Waals surface area contributed by atoms with Crippen LogP contribution in [0.15, 0.2) is 59.5 Å². The molecule has 2 aromatic carbocycles. The van der Waals surface area contributed by atoms with Crippen LogP contribution in [0.25, 0.3) is 16.5 Å². The van der Waals surface area contributed by atoms with Gasteiger partial charge in [-0.25, -0.2) is 4.39 Å². The van der Waals surface area contributed by atoms with Crippen LogP contribution in [-0.4, -0.2) is 40.5 Å². The van der Waals surface area contributed by atoms with Crippen LogP contribution in [0.4, 0.5) is 4.39 Å². The maximum atomic E-state index is 12.8. The van der Waals surface area contributed by atoms with Crippen LogP contribution >= 0.6 is 0 Å². The van der Waals surface area contributed by atoms with E-state index in [-0.39, 0.29) is 18.3 Å². The van der Waals surface area contributed by atoms with E-state index < -0.39 is 0 Å². The minimum atomic E-state index is -0.243. The predicted octanol–water partition coefficient (Wildman–Crippen LogP) is 2.97. The zero-order chi connectivity index (χ0) is 17.2. The number of rotatable bonds is 5. The van der Waals surface area contributed by atoms with Crippen LogP contribution in [0.3, 0.4) is 0 Å². The van der Waals surface area contributed by atoms with Crippen molar-refractivity contribution in [1.82, 2.24) is 14.7 Å². The van der Waals surface area contributed by atoms with Gasteiger partial charge < -0.3 is 0 Å². The molecule has 3 aromatic rings. The minimum Gasteiger partial charge on any atom is -0.297 e. The third-order valence-corrected chi connectivity index (χ3v) is 4.98. The molecule has 1 aliphatic rings. The van der Waals surface area contributed by atoms with E-state index in [4.69, 9.17) is 0 Å². The number of benzene rings is 2. The minimum absolute atomic E-state index is 0.125. The Kier molecular flexibility index (Phi) is 4.32. The summed E-state index contributed by atoms with van der Waals surface area (Å²) in [5.41, 5.74) is 1.87. The number of alkyl halides is 1. The second-order valence-corrected chi connectivity index (χ2v) is 6.52.